The maximum absolute atomic E-state index is 12.2. The first-order valence-electron chi connectivity index (χ1n) is 8.70. The lowest BCUT2D eigenvalue weighted by atomic mass is 9.81. The van der Waals surface area contributed by atoms with Crippen molar-refractivity contribution in [2.75, 3.05) is 26.2 Å². The Balaban J connectivity index is 1.76. The molecular formula is C19H30N2O2. The van der Waals surface area contributed by atoms with Gasteiger partial charge in [0.1, 0.15) is 0 Å². The Hall–Kier alpha value is -1.39. The van der Waals surface area contributed by atoms with Crippen molar-refractivity contribution >= 4 is 5.91 Å². The number of benzene rings is 1. The number of aliphatic hydroxyl groups is 1. The maximum Gasteiger partial charge on any atom is 0.220 e. The van der Waals surface area contributed by atoms with Crippen LogP contribution in [-0.2, 0) is 10.2 Å². The highest BCUT2D eigenvalue weighted by atomic mass is 16.3. The number of hydrogen-bond donors (Lipinski definition) is 2. The number of hydrogen-bond acceptors (Lipinski definition) is 3. The molecular weight excluding hydrogens is 288 g/mol. The van der Waals surface area contributed by atoms with Gasteiger partial charge in [0, 0.05) is 25.6 Å². The largest absolute Gasteiger partial charge is 0.395 e. The molecule has 0 unspecified atom stereocenters. The molecule has 0 aromatic heterocycles. The standard InChI is InChI=1S/C19H30N2O2/c1-19(2,16-8-4-3-5-9-16)14-18(23)20-11-13-21-12-7-6-10-17(21)15-22/h3-5,8-9,17,22H,6-7,10-15H2,1-2H3,(H,20,23)/t17-/m0/s1. The summed E-state index contributed by atoms with van der Waals surface area (Å²) in [6.07, 6.45) is 3.93. The van der Waals surface area contributed by atoms with E-state index in [1.54, 1.807) is 0 Å². The van der Waals surface area contributed by atoms with Crippen molar-refractivity contribution in [2.24, 2.45) is 0 Å². The number of nitrogens with one attached hydrogen (secondary N) is 1. The first-order valence-corrected chi connectivity index (χ1v) is 8.70. The van der Waals surface area contributed by atoms with Gasteiger partial charge in [0.2, 0.25) is 5.91 Å². The molecule has 0 radical (unpaired) electrons. The summed E-state index contributed by atoms with van der Waals surface area (Å²) in [6, 6.07) is 10.4. The molecule has 0 bridgehead atoms. The molecule has 128 valence electrons. The molecule has 1 heterocycles. The van der Waals surface area contributed by atoms with E-state index in [1.807, 2.05) is 18.2 Å². The number of amides is 1. The van der Waals surface area contributed by atoms with Crippen LogP contribution in [0, 0.1) is 0 Å². The first kappa shape index (κ1) is 18.0. The monoisotopic (exact) mass is 318 g/mol. The van der Waals surface area contributed by atoms with Crippen LogP contribution in [-0.4, -0.2) is 48.2 Å². The topological polar surface area (TPSA) is 52.6 Å². The third kappa shape index (κ3) is 5.33. The highest BCUT2D eigenvalue weighted by Crippen LogP contribution is 2.26. The molecule has 1 amide bonds. The van der Waals surface area contributed by atoms with Gasteiger partial charge >= 0.3 is 0 Å². The van der Waals surface area contributed by atoms with Gasteiger partial charge in [-0.2, -0.15) is 0 Å². The third-order valence-electron chi connectivity index (χ3n) is 4.84. The molecule has 2 N–H and O–H groups in total. The number of rotatable bonds is 7. The summed E-state index contributed by atoms with van der Waals surface area (Å²) in [5.41, 5.74) is 1.02. The molecule has 1 atom stereocenters. The second-order valence-corrected chi connectivity index (χ2v) is 7.14. The predicted molar refractivity (Wildman–Crippen MR) is 93.4 cm³/mol. The minimum Gasteiger partial charge on any atom is -0.395 e. The zero-order valence-electron chi connectivity index (χ0n) is 14.4. The molecule has 0 aliphatic carbocycles. The highest BCUT2D eigenvalue weighted by Gasteiger charge is 2.24. The van der Waals surface area contributed by atoms with Crippen molar-refractivity contribution in [3.05, 3.63) is 35.9 Å². The van der Waals surface area contributed by atoms with Crippen LogP contribution in [0.3, 0.4) is 0 Å². The Labute approximate surface area is 139 Å². The van der Waals surface area contributed by atoms with Gasteiger partial charge in [-0.15, -0.1) is 0 Å². The van der Waals surface area contributed by atoms with Crippen LogP contribution in [0.5, 0.6) is 0 Å². The van der Waals surface area contributed by atoms with Crippen molar-refractivity contribution in [1.82, 2.24) is 10.2 Å². The van der Waals surface area contributed by atoms with E-state index in [2.05, 4.69) is 36.2 Å². The van der Waals surface area contributed by atoms with E-state index in [1.165, 1.54) is 18.4 Å². The smallest absolute Gasteiger partial charge is 0.220 e. The fourth-order valence-corrected chi connectivity index (χ4v) is 3.36. The zero-order chi connectivity index (χ0) is 16.7. The lowest BCUT2D eigenvalue weighted by molar-refractivity contribution is -0.122. The summed E-state index contributed by atoms with van der Waals surface area (Å²) in [6.45, 7) is 6.93. The molecule has 2 rings (SSSR count). The maximum atomic E-state index is 12.2. The van der Waals surface area contributed by atoms with Crippen LogP contribution >= 0.6 is 0 Å². The molecule has 1 fully saturated rings. The SMILES string of the molecule is CC(C)(CC(=O)NCCN1CCCC[C@H]1CO)c1ccccc1. The number of nitrogens with zero attached hydrogens (tertiary/aromatic N) is 1. The van der Waals surface area contributed by atoms with Gasteiger partial charge in [-0.05, 0) is 30.4 Å². The van der Waals surface area contributed by atoms with Gasteiger partial charge < -0.3 is 10.4 Å². The van der Waals surface area contributed by atoms with Crippen LogP contribution < -0.4 is 5.32 Å². The van der Waals surface area contributed by atoms with Gasteiger partial charge in [0.05, 0.1) is 6.61 Å². The molecule has 0 saturated carbocycles. The van der Waals surface area contributed by atoms with Crippen LogP contribution in [0.1, 0.15) is 45.1 Å². The summed E-state index contributed by atoms with van der Waals surface area (Å²) in [5.74, 6) is 0.0939. The quantitative estimate of drug-likeness (QED) is 0.811. The number of likely N-dealkylation sites (tertiary alicyclic amines) is 1. The summed E-state index contributed by atoms with van der Waals surface area (Å²) in [4.78, 5) is 14.5. The summed E-state index contributed by atoms with van der Waals surface area (Å²) >= 11 is 0. The molecule has 1 aliphatic rings. The van der Waals surface area contributed by atoms with Crippen LogP contribution in [0.25, 0.3) is 0 Å². The first-order chi connectivity index (χ1) is 11.0. The van der Waals surface area contributed by atoms with Crippen molar-refractivity contribution in [3.8, 4) is 0 Å². The molecule has 0 spiro atoms. The molecule has 1 aromatic rings. The summed E-state index contributed by atoms with van der Waals surface area (Å²) in [7, 11) is 0. The number of aliphatic hydroxyl groups excluding tert-OH is 1. The van der Waals surface area contributed by atoms with Crippen LogP contribution in [0.2, 0.25) is 0 Å². The second kappa shape index (κ2) is 8.46. The van der Waals surface area contributed by atoms with Crippen molar-refractivity contribution in [2.45, 2.75) is 51.0 Å². The molecule has 1 aliphatic heterocycles. The number of carbonyl (C=O) groups is 1. The Morgan fingerprint density at radius 3 is 2.74 bits per heavy atom. The van der Waals surface area contributed by atoms with Gasteiger partial charge in [-0.25, -0.2) is 0 Å². The van der Waals surface area contributed by atoms with Crippen LogP contribution in [0.15, 0.2) is 30.3 Å². The summed E-state index contributed by atoms with van der Waals surface area (Å²) < 4.78 is 0. The van der Waals surface area contributed by atoms with Crippen molar-refractivity contribution in [3.63, 3.8) is 0 Å². The number of piperidine rings is 1. The zero-order valence-corrected chi connectivity index (χ0v) is 14.4. The van der Waals surface area contributed by atoms with Gasteiger partial charge in [-0.1, -0.05) is 50.6 Å². The Morgan fingerprint density at radius 1 is 1.30 bits per heavy atom. The van der Waals surface area contributed by atoms with Gasteiger partial charge in [0.15, 0.2) is 0 Å². The molecule has 1 saturated heterocycles. The van der Waals surface area contributed by atoms with Gasteiger partial charge in [-0.3, -0.25) is 9.69 Å². The van der Waals surface area contributed by atoms with Gasteiger partial charge in [0.25, 0.3) is 0 Å². The van der Waals surface area contributed by atoms with Crippen molar-refractivity contribution < 1.29 is 9.90 Å². The van der Waals surface area contributed by atoms with Crippen LogP contribution in [0.4, 0.5) is 0 Å². The van der Waals surface area contributed by atoms with Crippen molar-refractivity contribution in [1.29, 1.82) is 0 Å². The summed E-state index contributed by atoms with van der Waals surface area (Å²) in [5, 5.41) is 12.5. The Bertz CT molecular complexity index is 487. The molecule has 4 nitrogen and oxygen atoms in total. The van der Waals surface area contributed by atoms with E-state index < -0.39 is 0 Å². The molecule has 1 aromatic carbocycles. The minimum absolute atomic E-state index is 0.0939. The second-order valence-electron chi connectivity index (χ2n) is 7.14. The minimum atomic E-state index is -0.163. The normalized spacial score (nSPS) is 19.5. The average molecular weight is 318 g/mol. The fraction of sp³-hybridized carbons (Fsp3) is 0.632. The lowest BCUT2D eigenvalue weighted by Crippen LogP contribution is -2.45. The molecule has 23 heavy (non-hydrogen) atoms. The third-order valence-corrected chi connectivity index (χ3v) is 4.84. The van der Waals surface area contributed by atoms with E-state index in [0.717, 1.165) is 19.5 Å². The Morgan fingerprint density at radius 2 is 2.04 bits per heavy atom. The van der Waals surface area contributed by atoms with E-state index in [0.29, 0.717) is 13.0 Å². The highest BCUT2D eigenvalue weighted by molar-refractivity contribution is 5.77. The van der Waals surface area contributed by atoms with E-state index >= 15 is 0 Å². The Kier molecular flexibility index (Phi) is 6.60. The van der Waals surface area contributed by atoms with E-state index in [4.69, 9.17) is 0 Å². The number of carbonyl (C=O) groups excluding carboxylic acids is 1. The van der Waals surface area contributed by atoms with E-state index in [9.17, 15) is 9.90 Å². The lowest BCUT2D eigenvalue weighted by Gasteiger charge is -2.34. The fourth-order valence-electron chi connectivity index (χ4n) is 3.36. The average Bonchev–Trinajstić information content (AvgIpc) is 2.55. The van der Waals surface area contributed by atoms with E-state index in [-0.39, 0.29) is 24.0 Å². The predicted octanol–water partition coefficient (Wildman–Crippen LogP) is 2.32. The molecule has 4 heteroatoms.